The molecule has 4 rings (SSSR count). The number of fused-ring (bicyclic) bond motifs is 1. The first kappa shape index (κ1) is 23.7. The van der Waals surface area contributed by atoms with Crippen LogP contribution in [-0.2, 0) is 30.7 Å². The lowest BCUT2D eigenvalue weighted by Gasteiger charge is -2.19. The lowest BCUT2D eigenvalue weighted by molar-refractivity contribution is 0.0593. The average Bonchev–Trinajstić information content (AvgIpc) is 3.07. The highest BCUT2D eigenvalue weighted by atomic mass is 16.5. The fourth-order valence-corrected chi connectivity index (χ4v) is 4.34. The Labute approximate surface area is 200 Å². The van der Waals surface area contributed by atoms with Crippen molar-refractivity contribution < 1.29 is 14.3 Å². The predicted octanol–water partition coefficient (Wildman–Crippen LogP) is 3.41. The summed E-state index contributed by atoms with van der Waals surface area (Å²) in [6, 6.07) is 13.8. The molecule has 7 heteroatoms. The monoisotopic (exact) mass is 461 g/mol. The van der Waals surface area contributed by atoms with Gasteiger partial charge in [0.1, 0.15) is 11.3 Å². The van der Waals surface area contributed by atoms with Gasteiger partial charge in [0.15, 0.2) is 0 Å². The molecule has 1 aliphatic heterocycles. The number of methoxy groups -OCH3 is 1. The number of carbonyl (C=O) groups excluding carboxylic acids is 1. The van der Waals surface area contributed by atoms with E-state index in [9.17, 15) is 9.59 Å². The molecule has 3 aromatic rings. The van der Waals surface area contributed by atoms with Crippen molar-refractivity contribution in [1.29, 1.82) is 0 Å². The van der Waals surface area contributed by atoms with Crippen molar-refractivity contribution in [2.24, 2.45) is 0 Å². The molecule has 0 saturated heterocycles. The fraction of sp³-hybridized carbons (Fsp3) is 0.370. The number of rotatable bonds is 8. The van der Waals surface area contributed by atoms with Crippen LogP contribution in [0.1, 0.15) is 39.2 Å². The van der Waals surface area contributed by atoms with E-state index in [-0.39, 0.29) is 5.56 Å². The van der Waals surface area contributed by atoms with Crippen molar-refractivity contribution in [2.75, 3.05) is 26.8 Å². The maximum absolute atomic E-state index is 13.0. The number of carbonyl (C=O) groups is 1. The third-order valence-corrected chi connectivity index (χ3v) is 6.19. The smallest absolute Gasteiger partial charge is 0.343 e. The molecule has 1 aliphatic rings. The van der Waals surface area contributed by atoms with Crippen LogP contribution in [0.3, 0.4) is 0 Å². The van der Waals surface area contributed by atoms with Crippen molar-refractivity contribution in [3.05, 3.63) is 93.2 Å². The van der Waals surface area contributed by atoms with E-state index in [2.05, 4.69) is 41.1 Å². The van der Waals surface area contributed by atoms with Gasteiger partial charge < -0.3 is 14.0 Å². The van der Waals surface area contributed by atoms with Gasteiger partial charge in [-0.2, -0.15) is 0 Å². The summed E-state index contributed by atoms with van der Waals surface area (Å²) in [7, 11) is 1.36. The number of hydrogen-bond acceptors (Lipinski definition) is 6. The number of hydrogen-bond donors (Lipinski definition) is 0. The molecule has 0 amide bonds. The number of aryl methyl sites for hydroxylation is 2. The van der Waals surface area contributed by atoms with Gasteiger partial charge in [-0.15, -0.1) is 0 Å². The maximum atomic E-state index is 13.0. The van der Waals surface area contributed by atoms with Crippen molar-refractivity contribution in [3.8, 4) is 5.75 Å². The molecule has 7 nitrogen and oxygen atoms in total. The Morgan fingerprint density at radius 1 is 1.09 bits per heavy atom. The zero-order valence-corrected chi connectivity index (χ0v) is 19.8. The Bertz CT molecular complexity index is 1170. The predicted molar refractivity (Wildman–Crippen MR) is 130 cm³/mol. The number of nitrogens with zero attached hydrogens (tertiary/aromatic N) is 3. The summed E-state index contributed by atoms with van der Waals surface area (Å²) in [5.41, 5.74) is 4.48. The molecular weight excluding hydrogens is 430 g/mol. The first-order chi connectivity index (χ1) is 16.5. The van der Waals surface area contributed by atoms with Gasteiger partial charge in [-0.3, -0.25) is 14.7 Å². The largest absolute Gasteiger partial charge is 0.492 e. The van der Waals surface area contributed by atoms with Crippen LogP contribution in [0.25, 0.3) is 0 Å². The molecule has 0 unspecified atom stereocenters. The normalized spacial score (nSPS) is 13.7. The highest BCUT2D eigenvalue weighted by molar-refractivity contribution is 5.93. The molecule has 3 heterocycles. The van der Waals surface area contributed by atoms with Gasteiger partial charge in [0, 0.05) is 56.8 Å². The number of ether oxygens (including phenoxy) is 2. The second kappa shape index (κ2) is 11.1. The molecule has 0 fully saturated rings. The zero-order chi connectivity index (χ0) is 23.9. The lowest BCUT2D eigenvalue weighted by Crippen LogP contribution is -2.29. The van der Waals surface area contributed by atoms with Crippen molar-refractivity contribution in [3.63, 3.8) is 0 Å². The van der Waals surface area contributed by atoms with E-state index in [1.807, 2.05) is 18.3 Å². The molecule has 0 radical (unpaired) electrons. The van der Waals surface area contributed by atoms with Crippen LogP contribution in [0.5, 0.6) is 5.75 Å². The van der Waals surface area contributed by atoms with Crippen LogP contribution in [0, 0.1) is 6.92 Å². The van der Waals surface area contributed by atoms with Crippen LogP contribution in [0.4, 0.5) is 0 Å². The Hall–Kier alpha value is -3.45. The minimum atomic E-state index is -0.474. The number of esters is 1. The van der Waals surface area contributed by atoms with Gasteiger partial charge in [0.2, 0.25) is 0 Å². The summed E-state index contributed by atoms with van der Waals surface area (Å²) >= 11 is 0. The minimum Gasteiger partial charge on any atom is -0.492 e. The minimum absolute atomic E-state index is 0.151. The van der Waals surface area contributed by atoms with Crippen LogP contribution < -0.4 is 10.3 Å². The Morgan fingerprint density at radius 2 is 1.91 bits per heavy atom. The number of aromatic nitrogens is 2. The second-order valence-corrected chi connectivity index (χ2v) is 8.64. The molecule has 0 bridgehead atoms. The Morgan fingerprint density at radius 3 is 2.65 bits per heavy atom. The third-order valence-electron chi connectivity index (χ3n) is 6.19. The molecule has 0 spiro atoms. The third kappa shape index (κ3) is 5.72. The highest BCUT2D eigenvalue weighted by Crippen LogP contribution is 2.25. The summed E-state index contributed by atoms with van der Waals surface area (Å²) in [5.74, 6) is -0.167. The van der Waals surface area contributed by atoms with Crippen LogP contribution in [0.15, 0.2) is 59.7 Å². The molecule has 0 atom stereocenters. The molecule has 34 heavy (non-hydrogen) atoms. The molecule has 178 valence electrons. The number of benzene rings is 1. The van der Waals surface area contributed by atoms with E-state index in [0.29, 0.717) is 36.6 Å². The summed E-state index contributed by atoms with van der Waals surface area (Å²) in [6.45, 7) is 5.25. The first-order valence-electron chi connectivity index (χ1n) is 11.7. The number of pyridine rings is 2. The second-order valence-electron chi connectivity index (χ2n) is 8.64. The van der Waals surface area contributed by atoms with Gasteiger partial charge in [0.05, 0.1) is 13.7 Å². The summed E-state index contributed by atoms with van der Waals surface area (Å²) in [6.07, 6.45) is 5.69. The molecular formula is C27H31N3O4. The maximum Gasteiger partial charge on any atom is 0.343 e. The van der Waals surface area contributed by atoms with E-state index in [1.165, 1.54) is 24.3 Å². The van der Waals surface area contributed by atoms with Crippen molar-refractivity contribution >= 4 is 5.97 Å². The van der Waals surface area contributed by atoms with E-state index < -0.39 is 5.97 Å². The van der Waals surface area contributed by atoms with Gasteiger partial charge >= 0.3 is 5.97 Å². The zero-order valence-electron chi connectivity index (χ0n) is 19.8. The van der Waals surface area contributed by atoms with Crippen LogP contribution in [0.2, 0.25) is 0 Å². The summed E-state index contributed by atoms with van der Waals surface area (Å²) in [5, 5.41) is 0. The molecule has 0 saturated carbocycles. The molecule has 1 aromatic carbocycles. The van der Waals surface area contributed by atoms with Gasteiger partial charge in [-0.05, 0) is 37.0 Å². The van der Waals surface area contributed by atoms with E-state index in [4.69, 9.17) is 9.47 Å². The average molecular weight is 462 g/mol. The van der Waals surface area contributed by atoms with Crippen LogP contribution >= 0.6 is 0 Å². The van der Waals surface area contributed by atoms with Crippen molar-refractivity contribution in [1.82, 2.24) is 14.5 Å². The van der Waals surface area contributed by atoms with Crippen LogP contribution in [-0.4, -0.2) is 47.2 Å². The van der Waals surface area contributed by atoms with Gasteiger partial charge in [-0.1, -0.05) is 35.9 Å². The van der Waals surface area contributed by atoms with E-state index in [0.717, 1.165) is 38.0 Å². The standard InChI is InChI=1S/C27H31N3O4/c1-20-7-9-22(10-8-20)19-29-13-11-23-26(27(32)33-2)24(17-25(31)30(23)15-14-29)34-16-4-6-21-5-3-12-28-18-21/h3,5,7-10,12,17-18H,4,6,11,13-16,19H2,1-2H3. The fourth-order valence-electron chi connectivity index (χ4n) is 4.34. The molecule has 0 N–H and O–H groups in total. The Kier molecular flexibility index (Phi) is 7.75. The highest BCUT2D eigenvalue weighted by Gasteiger charge is 2.26. The quantitative estimate of drug-likeness (QED) is 0.378. The summed E-state index contributed by atoms with van der Waals surface area (Å²) in [4.78, 5) is 32.1. The first-order valence-corrected chi connectivity index (χ1v) is 11.7. The van der Waals surface area contributed by atoms with E-state index in [1.54, 1.807) is 10.8 Å². The van der Waals surface area contributed by atoms with E-state index >= 15 is 0 Å². The topological polar surface area (TPSA) is 73.7 Å². The lowest BCUT2D eigenvalue weighted by atomic mass is 10.1. The van der Waals surface area contributed by atoms with Crippen molar-refractivity contribution in [2.45, 2.75) is 39.3 Å². The SMILES string of the molecule is COC(=O)c1c(OCCCc2cccnc2)cc(=O)n2c1CCN(Cc1ccc(C)cc1)CC2. The molecule has 2 aromatic heterocycles. The van der Waals surface area contributed by atoms with Gasteiger partial charge in [-0.25, -0.2) is 4.79 Å². The Balaban J connectivity index is 1.50. The summed E-state index contributed by atoms with van der Waals surface area (Å²) < 4.78 is 12.7. The van der Waals surface area contributed by atoms with Gasteiger partial charge in [0.25, 0.3) is 5.56 Å². The molecule has 0 aliphatic carbocycles.